The number of aromatic nitrogens is 1. The Morgan fingerprint density at radius 2 is 2.26 bits per heavy atom. The van der Waals surface area contributed by atoms with Crippen LogP contribution < -0.4 is 10.6 Å². The van der Waals surface area contributed by atoms with Crippen molar-refractivity contribution in [1.82, 2.24) is 15.0 Å². The summed E-state index contributed by atoms with van der Waals surface area (Å²) in [6.45, 7) is 1.12. The lowest BCUT2D eigenvalue weighted by Gasteiger charge is -2.24. The van der Waals surface area contributed by atoms with Crippen LogP contribution >= 0.6 is 0 Å². The molecule has 4 heteroatoms. The highest BCUT2D eigenvalue weighted by Crippen LogP contribution is 2.31. The fourth-order valence-corrected chi connectivity index (χ4v) is 3.44. The Bertz CT molecular complexity index is 633. The molecule has 1 aliphatic carbocycles. The SMILES string of the molecule is O=C(NC1CC2CNC1C2)c1ccn2cccc2c1. The highest BCUT2D eigenvalue weighted by atomic mass is 16.1. The topological polar surface area (TPSA) is 45.5 Å². The van der Waals surface area contributed by atoms with Gasteiger partial charge in [-0.25, -0.2) is 0 Å². The fourth-order valence-electron chi connectivity index (χ4n) is 3.44. The minimum absolute atomic E-state index is 0.0445. The molecule has 2 fully saturated rings. The second-order valence-electron chi connectivity index (χ2n) is 5.69. The molecule has 3 unspecified atom stereocenters. The molecule has 98 valence electrons. The molecule has 0 spiro atoms. The molecule has 1 saturated carbocycles. The molecule has 1 amide bonds. The zero-order valence-electron chi connectivity index (χ0n) is 10.7. The second-order valence-corrected chi connectivity index (χ2v) is 5.69. The predicted molar refractivity (Wildman–Crippen MR) is 73.2 cm³/mol. The lowest BCUT2D eigenvalue weighted by atomic mass is 10.1. The molecule has 3 heterocycles. The third-order valence-corrected chi connectivity index (χ3v) is 4.44. The number of piperidine rings is 1. The van der Waals surface area contributed by atoms with Crippen molar-refractivity contribution >= 4 is 11.4 Å². The van der Waals surface area contributed by atoms with Crippen LogP contribution in [0.1, 0.15) is 23.2 Å². The number of carbonyl (C=O) groups excluding carboxylic acids is 1. The minimum Gasteiger partial charge on any atom is -0.348 e. The van der Waals surface area contributed by atoms with Crippen LogP contribution in [0.15, 0.2) is 36.7 Å². The van der Waals surface area contributed by atoms with E-state index in [2.05, 4.69) is 10.6 Å². The van der Waals surface area contributed by atoms with Crippen LogP contribution in [0.25, 0.3) is 5.52 Å². The number of carbonyl (C=O) groups is 1. The van der Waals surface area contributed by atoms with Gasteiger partial charge in [0.2, 0.25) is 0 Å². The molecular weight excluding hydrogens is 238 g/mol. The van der Waals surface area contributed by atoms with Gasteiger partial charge in [0.25, 0.3) is 5.91 Å². The van der Waals surface area contributed by atoms with Crippen LogP contribution in [-0.4, -0.2) is 28.9 Å². The Hall–Kier alpha value is -1.81. The predicted octanol–water partition coefficient (Wildman–Crippen LogP) is 1.42. The van der Waals surface area contributed by atoms with Crippen LogP contribution in [-0.2, 0) is 0 Å². The highest BCUT2D eigenvalue weighted by molar-refractivity contribution is 5.95. The number of nitrogens with one attached hydrogen (secondary N) is 2. The van der Waals surface area contributed by atoms with E-state index in [4.69, 9.17) is 0 Å². The van der Waals surface area contributed by atoms with Crippen LogP contribution in [0.5, 0.6) is 0 Å². The summed E-state index contributed by atoms with van der Waals surface area (Å²) in [4.78, 5) is 12.3. The van der Waals surface area contributed by atoms with Crippen LogP contribution in [0, 0.1) is 5.92 Å². The van der Waals surface area contributed by atoms with Gasteiger partial charge in [-0.15, -0.1) is 0 Å². The average molecular weight is 255 g/mol. The summed E-state index contributed by atoms with van der Waals surface area (Å²) in [5.74, 6) is 0.798. The highest BCUT2D eigenvalue weighted by Gasteiger charge is 2.39. The first-order valence-corrected chi connectivity index (χ1v) is 6.90. The monoisotopic (exact) mass is 255 g/mol. The zero-order chi connectivity index (χ0) is 12.8. The Morgan fingerprint density at radius 1 is 1.32 bits per heavy atom. The standard InChI is InChI=1S/C15H17N3O/c19-15(17-14-7-10-6-13(14)16-9-10)11-3-5-18-4-1-2-12(18)8-11/h1-5,8,10,13-14,16H,6-7,9H2,(H,17,19). The van der Waals surface area contributed by atoms with Crippen molar-refractivity contribution in [2.75, 3.05) is 6.54 Å². The summed E-state index contributed by atoms with van der Waals surface area (Å²) in [7, 11) is 0. The van der Waals surface area contributed by atoms with Gasteiger partial charge in [0.1, 0.15) is 0 Å². The van der Waals surface area contributed by atoms with Gasteiger partial charge in [0.05, 0.1) is 0 Å². The molecule has 3 atom stereocenters. The molecule has 0 radical (unpaired) electrons. The van der Waals surface area contributed by atoms with Crippen molar-refractivity contribution in [3.63, 3.8) is 0 Å². The summed E-state index contributed by atoms with van der Waals surface area (Å²) in [5, 5.41) is 6.64. The molecule has 0 aromatic carbocycles. The molecular formula is C15H17N3O. The minimum atomic E-state index is 0.0445. The van der Waals surface area contributed by atoms with Crippen molar-refractivity contribution < 1.29 is 4.79 Å². The van der Waals surface area contributed by atoms with E-state index >= 15 is 0 Å². The third kappa shape index (κ3) is 1.83. The first-order valence-electron chi connectivity index (χ1n) is 6.90. The van der Waals surface area contributed by atoms with Crippen molar-refractivity contribution in [2.24, 2.45) is 5.92 Å². The van der Waals surface area contributed by atoms with Gasteiger partial charge >= 0.3 is 0 Å². The molecule has 2 aliphatic rings. The molecule has 2 aromatic rings. The first kappa shape index (κ1) is 11.1. The van der Waals surface area contributed by atoms with Crippen molar-refractivity contribution in [1.29, 1.82) is 0 Å². The average Bonchev–Trinajstić information content (AvgIpc) is 3.13. The Morgan fingerprint density at radius 3 is 3.05 bits per heavy atom. The second kappa shape index (κ2) is 4.10. The van der Waals surface area contributed by atoms with Gasteiger partial charge < -0.3 is 15.0 Å². The van der Waals surface area contributed by atoms with Gasteiger partial charge in [-0.05, 0) is 49.6 Å². The van der Waals surface area contributed by atoms with Crippen molar-refractivity contribution in [3.8, 4) is 0 Å². The van der Waals surface area contributed by atoms with Crippen molar-refractivity contribution in [3.05, 3.63) is 42.2 Å². The van der Waals surface area contributed by atoms with Gasteiger partial charge in [0.15, 0.2) is 0 Å². The Balaban J connectivity index is 1.53. The van der Waals surface area contributed by atoms with Gasteiger partial charge in [-0.1, -0.05) is 0 Å². The molecule has 2 bridgehead atoms. The van der Waals surface area contributed by atoms with E-state index in [9.17, 15) is 4.79 Å². The maximum absolute atomic E-state index is 12.3. The van der Waals surface area contributed by atoms with E-state index in [0.29, 0.717) is 12.1 Å². The summed E-state index contributed by atoms with van der Waals surface area (Å²) < 4.78 is 2.01. The molecule has 4 nitrogen and oxygen atoms in total. The number of rotatable bonds is 2. The van der Waals surface area contributed by atoms with E-state index < -0.39 is 0 Å². The van der Waals surface area contributed by atoms with Crippen LogP contribution in [0.4, 0.5) is 0 Å². The molecule has 2 aromatic heterocycles. The maximum Gasteiger partial charge on any atom is 0.251 e. The molecule has 1 saturated heterocycles. The number of pyridine rings is 1. The quantitative estimate of drug-likeness (QED) is 0.852. The van der Waals surface area contributed by atoms with Gasteiger partial charge in [-0.2, -0.15) is 0 Å². The Kier molecular flexibility index (Phi) is 2.38. The van der Waals surface area contributed by atoms with Crippen LogP contribution in [0.3, 0.4) is 0 Å². The summed E-state index contributed by atoms with van der Waals surface area (Å²) in [6.07, 6.45) is 6.25. The fraction of sp³-hybridized carbons (Fsp3) is 0.400. The van der Waals surface area contributed by atoms with Gasteiger partial charge in [-0.3, -0.25) is 4.79 Å². The lowest BCUT2D eigenvalue weighted by Crippen LogP contribution is -2.47. The maximum atomic E-state index is 12.3. The molecule has 1 aliphatic heterocycles. The molecule has 4 rings (SSSR count). The van der Waals surface area contributed by atoms with E-state index in [1.54, 1.807) is 0 Å². The van der Waals surface area contributed by atoms with E-state index in [-0.39, 0.29) is 5.91 Å². The van der Waals surface area contributed by atoms with Crippen LogP contribution in [0.2, 0.25) is 0 Å². The normalized spacial score (nSPS) is 28.9. The smallest absolute Gasteiger partial charge is 0.251 e. The summed E-state index contributed by atoms with van der Waals surface area (Å²) in [6, 6.07) is 8.59. The Labute approximate surface area is 111 Å². The molecule has 19 heavy (non-hydrogen) atoms. The van der Waals surface area contributed by atoms with Gasteiger partial charge in [0, 0.05) is 35.6 Å². The summed E-state index contributed by atoms with van der Waals surface area (Å²) >= 11 is 0. The van der Waals surface area contributed by atoms with E-state index in [1.165, 1.54) is 6.42 Å². The third-order valence-electron chi connectivity index (χ3n) is 4.44. The van der Waals surface area contributed by atoms with E-state index in [1.807, 2.05) is 41.1 Å². The number of amides is 1. The number of fused-ring (bicyclic) bond motifs is 3. The summed E-state index contributed by atoms with van der Waals surface area (Å²) in [5.41, 5.74) is 1.80. The molecule has 2 N–H and O–H groups in total. The lowest BCUT2D eigenvalue weighted by molar-refractivity contribution is 0.0928. The number of hydrogen-bond donors (Lipinski definition) is 2. The zero-order valence-corrected chi connectivity index (χ0v) is 10.7. The van der Waals surface area contributed by atoms with Crippen molar-refractivity contribution in [2.45, 2.75) is 24.9 Å². The van der Waals surface area contributed by atoms with E-state index in [0.717, 1.165) is 30.0 Å². The first-order chi connectivity index (χ1) is 9.29. The largest absolute Gasteiger partial charge is 0.348 e. The number of nitrogens with zero attached hydrogens (tertiary/aromatic N) is 1. The number of hydrogen-bond acceptors (Lipinski definition) is 2.